The van der Waals surface area contributed by atoms with Gasteiger partial charge in [0.25, 0.3) is 5.91 Å². The summed E-state index contributed by atoms with van der Waals surface area (Å²) in [5, 5.41) is 15.9. The molecule has 2 atom stereocenters. The number of rotatable bonds is 9. The normalized spacial score (nSPS) is 20.1. The van der Waals surface area contributed by atoms with Crippen molar-refractivity contribution in [2.75, 3.05) is 47.3 Å². The van der Waals surface area contributed by atoms with Crippen molar-refractivity contribution in [3.63, 3.8) is 0 Å². The third-order valence-electron chi connectivity index (χ3n) is 8.57. The number of nitrogens with one attached hydrogen (secondary N) is 1. The number of halogens is 2. The van der Waals surface area contributed by atoms with Gasteiger partial charge in [-0.2, -0.15) is 4.73 Å². The molecule has 3 heterocycles. The van der Waals surface area contributed by atoms with Crippen LogP contribution in [0.25, 0.3) is 0 Å². The first-order valence-corrected chi connectivity index (χ1v) is 15.0. The van der Waals surface area contributed by atoms with Crippen molar-refractivity contribution in [3.05, 3.63) is 69.1 Å². The number of pyridine rings is 1. The summed E-state index contributed by atoms with van der Waals surface area (Å²) in [6, 6.07) is 9.06. The molecule has 10 heteroatoms. The highest BCUT2D eigenvalue weighted by Crippen LogP contribution is 2.37. The van der Waals surface area contributed by atoms with Gasteiger partial charge in [-0.25, -0.2) is 0 Å². The Bertz CT molecular complexity index is 1170. The number of carbonyl (C=O) groups is 2. The van der Waals surface area contributed by atoms with Crippen molar-refractivity contribution in [3.8, 4) is 0 Å². The van der Waals surface area contributed by atoms with Gasteiger partial charge in [-0.3, -0.25) is 14.5 Å². The number of likely N-dealkylation sites (tertiary alicyclic amines) is 1. The summed E-state index contributed by atoms with van der Waals surface area (Å²) in [7, 11) is 5.51. The lowest BCUT2D eigenvalue weighted by molar-refractivity contribution is -0.605. The lowest BCUT2D eigenvalue weighted by Gasteiger charge is -2.51. The van der Waals surface area contributed by atoms with Gasteiger partial charge in [0.1, 0.15) is 5.54 Å². The molecule has 2 aromatic rings. The molecule has 2 aliphatic heterocycles. The molecule has 40 heavy (non-hydrogen) atoms. The van der Waals surface area contributed by atoms with Crippen LogP contribution in [0, 0.1) is 5.21 Å². The third-order valence-corrected chi connectivity index (χ3v) is 9.30. The molecular weight excluding hydrogens is 549 g/mol. The van der Waals surface area contributed by atoms with Crippen LogP contribution in [0.4, 0.5) is 0 Å². The molecule has 2 saturated heterocycles. The molecule has 218 valence electrons. The second-order valence-corrected chi connectivity index (χ2v) is 12.2. The van der Waals surface area contributed by atoms with Gasteiger partial charge < -0.3 is 20.3 Å². The molecule has 4 rings (SSSR count). The molecule has 2 aliphatic rings. The lowest BCUT2D eigenvalue weighted by Crippen LogP contribution is -2.66. The van der Waals surface area contributed by atoms with Gasteiger partial charge in [-0.15, -0.1) is 0 Å². The third kappa shape index (κ3) is 6.90. The van der Waals surface area contributed by atoms with E-state index in [0.717, 1.165) is 70.1 Å². The Morgan fingerprint density at radius 1 is 1.10 bits per heavy atom. The monoisotopic (exact) mass is 589 g/mol. The van der Waals surface area contributed by atoms with Gasteiger partial charge in [0.05, 0.1) is 15.6 Å². The second-order valence-electron chi connectivity index (χ2n) is 11.4. The van der Waals surface area contributed by atoms with E-state index >= 15 is 0 Å². The Balaban J connectivity index is 1.56. The zero-order chi connectivity index (χ0) is 28.9. The van der Waals surface area contributed by atoms with Crippen molar-refractivity contribution in [1.29, 1.82) is 0 Å². The summed E-state index contributed by atoms with van der Waals surface area (Å²) >= 11 is 12.7. The Morgan fingerprint density at radius 3 is 2.45 bits per heavy atom. The van der Waals surface area contributed by atoms with Crippen LogP contribution in [0.3, 0.4) is 0 Å². The van der Waals surface area contributed by atoms with Gasteiger partial charge in [0, 0.05) is 51.8 Å². The highest BCUT2D eigenvalue weighted by atomic mass is 35.5. The average molecular weight is 591 g/mol. The Morgan fingerprint density at radius 2 is 1.80 bits per heavy atom. The van der Waals surface area contributed by atoms with Crippen molar-refractivity contribution in [1.82, 2.24) is 20.0 Å². The highest BCUT2D eigenvalue weighted by molar-refractivity contribution is 6.42. The van der Waals surface area contributed by atoms with Crippen molar-refractivity contribution in [2.24, 2.45) is 0 Å². The first-order valence-electron chi connectivity index (χ1n) is 14.2. The van der Waals surface area contributed by atoms with Crippen molar-refractivity contribution < 1.29 is 14.3 Å². The fraction of sp³-hybridized carbons (Fsp3) is 0.567. The highest BCUT2D eigenvalue weighted by Gasteiger charge is 2.48. The number of carbonyl (C=O) groups excluding carboxylic acids is 2. The van der Waals surface area contributed by atoms with Crippen LogP contribution in [-0.4, -0.2) is 85.4 Å². The SMILES string of the molecule is CN(C)C(=O)C1(N2CCCCC2CCC(CN(C)C(=O)c2cc[n+]([O-])cc2)c2ccc(Cl)c(Cl)c2)CCNCC1. The second kappa shape index (κ2) is 13.5. The van der Waals surface area contributed by atoms with Gasteiger partial charge in [0.2, 0.25) is 5.91 Å². The summed E-state index contributed by atoms with van der Waals surface area (Å²) in [5.41, 5.74) is 1.02. The van der Waals surface area contributed by atoms with Crippen LogP contribution in [0.2, 0.25) is 10.0 Å². The number of likely N-dealkylation sites (N-methyl/N-ethyl adjacent to an activating group) is 2. The summed E-state index contributed by atoms with van der Waals surface area (Å²) in [6.45, 7) is 3.09. The minimum Gasteiger partial charge on any atom is -0.619 e. The summed E-state index contributed by atoms with van der Waals surface area (Å²) in [5.74, 6) is 0.0823. The van der Waals surface area contributed by atoms with Crippen LogP contribution in [0.1, 0.15) is 66.8 Å². The predicted molar refractivity (Wildman–Crippen MR) is 159 cm³/mol. The van der Waals surface area contributed by atoms with E-state index in [1.165, 1.54) is 12.4 Å². The van der Waals surface area contributed by atoms with Crippen LogP contribution in [0.5, 0.6) is 0 Å². The first kappa shape index (κ1) is 30.6. The molecule has 2 amide bonds. The molecule has 0 saturated carbocycles. The van der Waals surface area contributed by atoms with Gasteiger partial charge in [0.15, 0.2) is 12.4 Å². The van der Waals surface area contributed by atoms with E-state index < -0.39 is 5.54 Å². The molecule has 1 aromatic heterocycles. The Kier molecular flexibility index (Phi) is 10.3. The molecular formula is C30H41Cl2N5O3. The molecule has 0 aliphatic carbocycles. The maximum absolute atomic E-state index is 13.6. The van der Waals surface area contributed by atoms with Crippen molar-refractivity contribution >= 4 is 35.0 Å². The molecule has 0 bridgehead atoms. The van der Waals surface area contributed by atoms with E-state index in [9.17, 15) is 14.8 Å². The fourth-order valence-corrected chi connectivity index (χ4v) is 6.76. The molecule has 8 nitrogen and oxygen atoms in total. The zero-order valence-corrected chi connectivity index (χ0v) is 25.3. The maximum Gasteiger partial charge on any atom is 0.254 e. The summed E-state index contributed by atoms with van der Waals surface area (Å²) < 4.78 is 0.668. The smallest absolute Gasteiger partial charge is 0.254 e. The van der Waals surface area contributed by atoms with E-state index in [-0.39, 0.29) is 23.8 Å². The van der Waals surface area contributed by atoms with E-state index in [4.69, 9.17) is 23.2 Å². The molecule has 2 unspecified atom stereocenters. The van der Waals surface area contributed by atoms with Crippen LogP contribution < -0.4 is 10.0 Å². The van der Waals surface area contributed by atoms with Gasteiger partial charge >= 0.3 is 0 Å². The van der Waals surface area contributed by atoms with E-state index in [0.29, 0.717) is 26.9 Å². The number of hydrogen-bond donors (Lipinski definition) is 1. The van der Waals surface area contributed by atoms with Crippen LogP contribution in [0.15, 0.2) is 42.7 Å². The Hall–Kier alpha value is -2.39. The van der Waals surface area contributed by atoms with E-state index in [1.54, 1.807) is 29.0 Å². The van der Waals surface area contributed by atoms with Crippen LogP contribution >= 0.6 is 23.2 Å². The van der Waals surface area contributed by atoms with Gasteiger partial charge in [-0.05, 0) is 75.9 Å². The van der Waals surface area contributed by atoms with Gasteiger partial charge in [-0.1, -0.05) is 35.7 Å². The first-order chi connectivity index (χ1) is 19.1. The zero-order valence-electron chi connectivity index (χ0n) is 23.7. The fourth-order valence-electron chi connectivity index (χ4n) is 6.46. The number of amides is 2. The maximum atomic E-state index is 13.6. The van der Waals surface area contributed by atoms with E-state index in [2.05, 4.69) is 10.2 Å². The van der Waals surface area contributed by atoms with E-state index in [1.807, 2.05) is 32.3 Å². The topological polar surface area (TPSA) is 82.8 Å². The predicted octanol–water partition coefficient (Wildman–Crippen LogP) is 4.33. The average Bonchev–Trinajstić information content (AvgIpc) is 2.96. The summed E-state index contributed by atoms with van der Waals surface area (Å²) in [6.07, 6.45) is 9.33. The number of aromatic nitrogens is 1. The number of nitrogens with zero attached hydrogens (tertiary/aromatic N) is 4. The number of hydrogen-bond acceptors (Lipinski definition) is 5. The molecule has 0 radical (unpaired) electrons. The van der Waals surface area contributed by atoms with Crippen LogP contribution in [-0.2, 0) is 4.79 Å². The standard InChI is InChI=1S/C30H41Cl2N5O3/c1-34(2)29(39)30(13-15-33-16-14-30)37-17-5-4-6-25(37)9-7-24(23-8-10-26(31)27(32)20-23)21-35(3)28(38)22-11-18-36(40)19-12-22/h8,10-12,18-20,24-25,33H,4-7,9,13-17,21H2,1-3H3. The Labute approximate surface area is 247 Å². The molecule has 1 N–H and O–H groups in total. The molecule has 2 fully saturated rings. The number of benzene rings is 1. The number of piperidine rings is 2. The quantitative estimate of drug-likeness (QED) is 0.348. The minimum atomic E-state index is -0.475. The van der Waals surface area contributed by atoms with Crippen molar-refractivity contribution in [2.45, 2.75) is 62.4 Å². The minimum absolute atomic E-state index is 0.0224. The lowest BCUT2D eigenvalue weighted by atomic mass is 9.80. The summed E-state index contributed by atoms with van der Waals surface area (Å²) in [4.78, 5) is 32.8. The molecule has 0 spiro atoms. The molecule has 1 aromatic carbocycles. The largest absolute Gasteiger partial charge is 0.619 e.